The average molecular weight is 262 g/mol. The number of halogens is 1. The summed E-state index contributed by atoms with van der Waals surface area (Å²) in [6.07, 6.45) is 6.40. The minimum Gasteiger partial charge on any atom is -0.315 e. The van der Waals surface area contributed by atoms with Gasteiger partial charge in [-0.05, 0) is 25.5 Å². The van der Waals surface area contributed by atoms with Crippen LogP contribution < -0.4 is 5.32 Å². The van der Waals surface area contributed by atoms with Gasteiger partial charge in [0.2, 0.25) is 0 Å². The highest BCUT2D eigenvalue weighted by atomic mass is 35.5. The van der Waals surface area contributed by atoms with Crippen molar-refractivity contribution in [2.24, 2.45) is 0 Å². The van der Waals surface area contributed by atoms with Gasteiger partial charge in [-0.25, -0.2) is 0 Å². The largest absolute Gasteiger partial charge is 0.315 e. The van der Waals surface area contributed by atoms with Crippen LogP contribution in [0.1, 0.15) is 18.9 Å². The number of piperidine rings is 1. The van der Waals surface area contributed by atoms with E-state index in [9.17, 15) is 0 Å². The van der Waals surface area contributed by atoms with Crippen LogP contribution >= 0.6 is 11.6 Å². The molecule has 0 radical (unpaired) electrons. The highest BCUT2D eigenvalue weighted by molar-refractivity contribution is 6.33. The standard InChI is InChI=1S/C14H16ClN3/c15-14-6-2-1-5-13(14)11-8-17-18(10-11)12-4-3-7-16-9-12/h1-2,5-6,8,10,12,16H,3-4,7,9H2. The molecule has 1 aliphatic heterocycles. The van der Waals surface area contributed by atoms with E-state index in [0.29, 0.717) is 6.04 Å². The lowest BCUT2D eigenvalue weighted by Gasteiger charge is -2.22. The predicted octanol–water partition coefficient (Wildman–Crippen LogP) is 3.13. The Labute approximate surface area is 112 Å². The van der Waals surface area contributed by atoms with Crippen LogP contribution in [0.15, 0.2) is 36.7 Å². The lowest BCUT2D eigenvalue weighted by atomic mass is 10.1. The van der Waals surface area contributed by atoms with Crippen molar-refractivity contribution in [1.29, 1.82) is 0 Å². The molecule has 1 aromatic carbocycles. The maximum absolute atomic E-state index is 6.20. The molecule has 0 aliphatic carbocycles. The first-order valence-corrected chi connectivity index (χ1v) is 6.72. The van der Waals surface area contributed by atoms with Gasteiger partial charge >= 0.3 is 0 Å². The SMILES string of the molecule is Clc1ccccc1-c1cnn(C2CCCNC2)c1. The zero-order chi connectivity index (χ0) is 12.4. The molecular weight excluding hydrogens is 246 g/mol. The van der Waals surface area contributed by atoms with Gasteiger partial charge in [-0.15, -0.1) is 0 Å². The summed E-state index contributed by atoms with van der Waals surface area (Å²) in [7, 11) is 0. The van der Waals surface area contributed by atoms with E-state index in [0.717, 1.165) is 29.2 Å². The van der Waals surface area contributed by atoms with Gasteiger partial charge in [-0.1, -0.05) is 29.8 Å². The molecule has 2 heterocycles. The first-order valence-electron chi connectivity index (χ1n) is 6.34. The Morgan fingerprint density at radius 2 is 2.22 bits per heavy atom. The summed E-state index contributed by atoms with van der Waals surface area (Å²) in [5, 5.41) is 8.66. The fourth-order valence-corrected chi connectivity index (χ4v) is 2.68. The molecule has 1 aliphatic rings. The molecule has 4 heteroatoms. The van der Waals surface area contributed by atoms with Crippen LogP contribution in [0.25, 0.3) is 11.1 Å². The van der Waals surface area contributed by atoms with Crippen molar-refractivity contribution < 1.29 is 0 Å². The molecule has 0 spiro atoms. The van der Waals surface area contributed by atoms with E-state index in [4.69, 9.17) is 11.6 Å². The smallest absolute Gasteiger partial charge is 0.0644 e. The molecule has 1 fully saturated rings. The zero-order valence-electron chi connectivity index (χ0n) is 10.1. The number of nitrogens with zero attached hydrogens (tertiary/aromatic N) is 2. The van der Waals surface area contributed by atoms with Gasteiger partial charge in [0.1, 0.15) is 0 Å². The third kappa shape index (κ3) is 2.28. The Kier molecular flexibility index (Phi) is 3.35. The third-order valence-corrected chi connectivity index (χ3v) is 3.76. The average Bonchev–Trinajstić information content (AvgIpc) is 2.90. The lowest BCUT2D eigenvalue weighted by molar-refractivity contribution is 0.347. The molecule has 1 aromatic heterocycles. The Balaban J connectivity index is 1.87. The molecule has 94 valence electrons. The fraction of sp³-hybridized carbons (Fsp3) is 0.357. The Morgan fingerprint density at radius 1 is 1.33 bits per heavy atom. The highest BCUT2D eigenvalue weighted by Gasteiger charge is 2.16. The van der Waals surface area contributed by atoms with Crippen LogP contribution in [0.2, 0.25) is 5.02 Å². The van der Waals surface area contributed by atoms with Crippen molar-refractivity contribution in [3.8, 4) is 11.1 Å². The Bertz CT molecular complexity index is 529. The van der Waals surface area contributed by atoms with Crippen LogP contribution in [0, 0.1) is 0 Å². The topological polar surface area (TPSA) is 29.9 Å². The maximum Gasteiger partial charge on any atom is 0.0644 e. The van der Waals surface area contributed by atoms with Gasteiger partial charge in [0, 0.05) is 28.9 Å². The summed E-state index contributed by atoms with van der Waals surface area (Å²) in [6, 6.07) is 8.36. The number of nitrogens with one attached hydrogen (secondary N) is 1. The molecule has 18 heavy (non-hydrogen) atoms. The van der Waals surface area contributed by atoms with Crippen molar-refractivity contribution in [1.82, 2.24) is 15.1 Å². The van der Waals surface area contributed by atoms with Gasteiger partial charge in [0.25, 0.3) is 0 Å². The normalized spacial score (nSPS) is 19.9. The minimum atomic E-state index is 0.468. The van der Waals surface area contributed by atoms with Gasteiger partial charge in [0.05, 0.1) is 12.2 Å². The highest BCUT2D eigenvalue weighted by Crippen LogP contribution is 2.28. The van der Waals surface area contributed by atoms with E-state index in [2.05, 4.69) is 21.3 Å². The van der Waals surface area contributed by atoms with E-state index in [1.165, 1.54) is 12.8 Å². The molecule has 3 nitrogen and oxygen atoms in total. The van der Waals surface area contributed by atoms with E-state index in [1.54, 1.807) is 0 Å². The second-order valence-corrected chi connectivity index (χ2v) is 5.10. The summed E-state index contributed by atoms with van der Waals surface area (Å²) in [4.78, 5) is 0. The lowest BCUT2D eigenvalue weighted by Crippen LogP contribution is -2.31. The molecule has 0 saturated carbocycles. The summed E-state index contributed by atoms with van der Waals surface area (Å²) in [5.41, 5.74) is 2.14. The molecule has 1 saturated heterocycles. The summed E-state index contributed by atoms with van der Waals surface area (Å²) in [6.45, 7) is 2.12. The van der Waals surface area contributed by atoms with E-state index < -0.39 is 0 Å². The first-order chi connectivity index (χ1) is 8.84. The third-order valence-electron chi connectivity index (χ3n) is 3.43. The predicted molar refractivity (Wildman–Crippen MR) is 73.8 cm³/mol. The second-order valence-electron chi connectivity index (χ2n) is 4.69. The van der Waals surface area contributed by atoms with Gasteiger partial charge in [-0.2, -0.15) is 5.10 Å². The van der Waals surface area contributed by atoms with Crippen LogP contribution in [0.4, 0.5) is 0 Å². The minimum absolute atomic E-state index is 0.468. The van der Waals surface area contributed by atoms with Crippen molar-refractivity contribution in [2.45, 2.75) is 18.9 Å². The Morgan fingerprint density at radius 3 is 3.00 bits per heavy atom. The monoisotopic (exact) mass is 261 g/mol. The molecule has 1 atom stereocenters. The number of benzene rings is 1. The second kappa shape index (κ2) is 5.12. The van der Waals surface area contributed by atoms with Crippen molar-refractivity contribution >= 4 is 11.6 Å². The molecule has 1 N–H and O–H groups in total. The molecular formula is C14H16ClN3. The van der Waals surface area contributed by atoms with Crippen LogP contribution in [0.3, 0.4) is 0 Å². The quantitative estimate of drug-likeness (QED) is 0.900. The summed E-state index contributed by atoms with van der Waals surface area (Å²) < 4.78 is 2.06. The number of rotatable bonds is 2. The number of hydrogen-bond donors (Lipinski definition) is 1. The van der Waals surface area contributed by atoms with Gasteiger partial charge < -0.3 is 5.32 Å². The summed E-state index contributed by atoms with van der Waals surface area (Å²) in [5.74, 6) is 0. The van der Waals surface area contributed by atoms with Gasteiger partial charge in [-0.3, -0.25) is 4.68 Å². The van der Waals surface area contributed by atoms with E-state index in [-0.39, 0.29) is 0 Å². The molecule has 0 bridgehead atoms. The van der Waals surface area contributed by atoms with Crippen LogP contribution in [0.5, 0.6) is 0 Å². The van der Waals surface area contributed by atoms with Crippen molar-refractivity contribution in [3.63, 3.8) is 0 Å². The van der Waals surface area contributed by atoms with Crippen LogP contribution in [-0.4, -0.2) is 22.9 Å². The molecule has 0 amide bonds. The number of aromatic nitrogens is 2. The molecule has 1 unspecified atom stereocenters. The Hall–Kier alpha value is -1.32. The molecule has 2 aromatic rings. The fourth-order valence-electron chi connectivity index (χ4n) is 2.43. The van der Waals surface area contributed by atoms with Crippen molar-refractivity contribution in [3.05, 3.63) is 41.7 Å². The van der Waals surface area contributed by atoms with Gasteiger partial charge in [0.15, 0.2) is 0 Å². The van der Waals surface area contributed by atoms with E-state index >= 15 is 0 Å². The zero-order valence-corrected chi connectivity index (χ0v) is 10.9. The number of hydrogen-bond acceptors (Lipinski definition) is 2. The van der Waals surface area contributed by atoms with Crippen LogP contribution in [-0.2, 0) is 0 Å². The van der Waals surface area contributed by atoms with Crippen molar-refractivity contribution in [2.75, 3.05) is 13.1 Å². The molecule has 3 rings (SSSR count). The maximum atomic E-state index is 6.20. The summed E-state index contributed by atoms with van der Waals surface area (Å²) >= 11 is 6.20. The first kappa shape index (κ1) is 11.8. The van der Waals surface area contributed by atoms with E-state index in [1.807, 2.05) is 30.5 Å².